The first-order valence-corrected chi connectivity index (χ1v) is 9.12. The molecule has 0 aliphatic rings. The van der Waals surface area contributed by atoms with Crippen LogP contribution in [-0.2, 0) is 9.84 Å². The summed E-state index contributed by atoms with van der Waals surface area (Å²) in [7, 11) is -3.45. The van der Waals surface area contributed by atoms with Crippen LogP contribution in [0, 0.1) is 17.8 Å². The van der Waals surface area contributed by atoms with Crippen molar-refractivity contribution in [2.75, 3.05) is 5.75 Å². The van der Waals surface area contributed by atoms with Gasteiger partial charge in [-0.15, -0.1) is 6.58 Å². The maximum atomic E-state index is 12.3. The molecule has 22 heavy (non-hydrogen) atoms. The van der Waals surface area contributed by atoms with Crippen LogP contribution in [0.5, 0.6) is 0 Å². The molecule has 1 rings (SSSR count). The van der Waals surface area contributed by atoms with Crippen molar-refractivity contribution in [3.8, 4) is 0 Å². The van der Waals surface area contributed by atoms with Crippen molar-refractivity contribution >= 4 is 9.84 Å². The summed E-state index contributed by atoms with van der Waals surface area (Å²) in [6, 6.07) is 8.20. The molecule has 0 spiro atoms. The summed E-state index contributed by atoms with van der Waals surface area (Å²) in [5.41, 5.74) is 0. The number of benzene rings is 1. The highest BCUT2D eigenvalue weighted by atomic mass is 32.2. The Morgan fingerprint density at radius 1 is 1.09 bits per heavy atom. The second-order valence-corrected chi connectivity index (χ2v) is 8.04. The molecule has 0 bridgehead atoms. The second kappa shape index (κ2) is 7.90. The Morgan fingerprint density at radius 3 is 2.14 bits per heavy atom. The highest BCUT2D eigenvalue weighted by Gasteiger charge is 2.32. The van der Waals surface area contributed by atoms with Gasteiger partial charge in [-0.25, -0.2) is 8.42 Å². The summed E-state index contributed by atoms with van der Waals surface area (Å²) in [4.78, 5) is 0.252. The molecule has 5 atom stereocenters. The van der Waals surface area contributed by atoms with Crippen LogP contribution in [-0.4, -0.2) is 36.6 Å². The monoisotopic (exact) mass is 326 g/mol. The molecule has 0 radical (unpaired) electrons. The fourth-order valence-electron chi connectivity index (χ4n) is 2.51. The number of hydrogen-bond acceptors (Lipinski definition) is 4. The average Bonchev–Trinajstić information content (AvgIpc) is 2.52. The first-order valence-electron chi connectivity index (χ1n) is 7.47. The molecule has 2 N–H and O–H groups in total. The van der Waals surface area contributed by atoms with Crippen molar-refractivity contribution in [1.82, 2.24) is 0 Å². The minimum Gasteiger partial charge on any atom is -0.392 e. The molecule has 0 heterocycles. The average molecular weight is 326 g/mol. The van der Waals surface area contributed by atoms with Gasteiger partial charge in [0.2, 0.25) is 0 Å². The summed E-state index contributed by atoms with van der Waals surface area (Å²) < 4.78 is 24.7. The predicted octanol–water partition coefficient (Wildman–Crippen LogP) is 2.28. The third-order valence-electron chi connectivity index (χ3n) is 4.16. The quantitative estimate of drug-likeness (QED) is 0.719. The molecule has 0 aromatic heterocycles. The van der Waals surface area contributed by atoms with Gasteiger partial charge >= 0.3 is 0 Å². The molecular weight excluding hydrogens is 300 g/mol. The van der Waals surface area contributed by atoms with Gasteiger partial charge in [-0.1, -0.05) is 45.0 Å². The standard InChI is InChI=1S/C17H26O4S/c1-5-12(2)16(18)14(4)17(19)13(3)11-22(20,21)15-9-7-6-8-10-15/h5-10,12-14,16-19H,1,11H2,2-4H3/t12-,13?,14-,16-,17-/m1/s1. The SMILES string of the molecule is C=C[C@@H](C)[C@@H](O)[C@@H](C)[C@H](O)C(C)CS(=O)(=O)c1ccccc1. The Hall–Kier alpha value is -1.17. The number of hydrogen-bond donors (Lipinski definition) is 2. The van der Waals surface area contributed by atoms with Crippen molar-refractivity contribution in [1.29, 1.82) is 0 Å². The van der Waals surface area contributed by atoms with Crippen LogP contribution >= 0.6 is 0 Å². The third kappa shape index (κ3) is 4.66. The molecule has 124 valence electrons. The number of aliphatic hydroxyl groups is 2. The molecule has 1 unspecified atom stereocenters. The molecule has 0 saturated carbocycles. The van der Waals surface area contributed by atoms with Gasteiger partial charge in [0.25, 0.3) is 0 Å². The molecule has 1 aromatic carbocycles. The van der Waals surface area contributed by atoms with Gasteiger partial charge in [-0.3, -0.25) is 0 Å². The molecule has 0 saturated heterocycles. The van der Waals surface area contributed by atoms with Gasteiger partial charge in [-0.05, 0) is 18.1 Å². The zero-order chi connectivity index (χ0) is 16.9. The molecular formula is C17H26O4S. The highest BCUT2D eigenvalue weighted by Crippen LogP contribution is 2.24. The molecule has 0 aliphatic carbocycles. The van der Waals surface area contributed by atoms with Gasteiger partial charge in [0, 0.05) is 11.8 Å². The van der Waals surface area contributed by atoms with Crippen molar-refractivity contribution in [3.63, 3.8) is 0 Å². The van der Waals surface area contributed by atoms with Crippen molar-refractivity contribution in [3.05, 3.63) is 43.0 Å². The van der Waals surface area contributed by atoms with Crippen LogP contribution in [0.15, 0.2) is 47.9 Å². The first-order chi connectivity index (χ1) is 10.2. The predicted molar refractivity (Wildman–Crippen MR) is 88.2 cm³/mol. The third-order valence-corrected chi connectivity index (χ3v) is 6.11. The lowest BCUT2D eigenvalue weighted by atomic mass is 9.85. The van der Waals surface area contributed by atoms with Crippen LogP contribution in [0.2, 0.25) is 0 Å². The summed E-state index contributed by atoms with van der Waals surface area (Å²) in [5, 5.41) is 20.5. The van der Waals surface area contributed by atoms with E-state index in [1.165, 1.54) is 0 Å². The summed E-state index contributed by atoms with van der Waals surface area (Å²) >= 11 is 0. The van der Waals surface area contributed by atoms with E-state index in [2.05, 4.69) is 6.58 Å². The van der Waals surface area contributed by atoms with Crippen LogP contribution in [0.1, 0.15) is 20.8 Å². The van der Waals surface area contributed by atoms with E-state index in [-0.39, 0.29) is 16.6 Å². The Bertz CT molecular complexity index is 568. The van der Waals surface area contributed by atoms with E-state index in [4.69, 9.17) is 0 Å². The molecule has 0 aliphatic heterocycles. The van der Waals surface area contributed by atoms with Crippen LogP contribution in [0.4, 0.5) is 0 Å². The Morgan fingerprint density at radius 2 is 1.64 bits per heavy atom. The smallest absolute Gasteiger partial charge is 0.178 e. The maximum absolute atomic E-state index is 12.3. The Kier molecular flexibility index (Phi) is 6.78. The van der Waals surface area contributed by atoms with E-state index < -0.39 is 33.9 Å². The first kappa shape index (κ1) is 18.9. The zero-order valence-electron chi connectivity index (χ0n) is 13.4. The van der Waals surface area contributed by atoms with Crippen molar-refractivity contribution < 1.29 is 18.6 Å². The van der Waals surface area contributed by atoms with Crippen molar-refractivity contribution in [2.24, 2.45) is 17.8 Å². The van der Waals surface area contributed by atoms with E-state index in [0.717, 1.165) is 0 Å². The van der Waals surface area contributed by atoms with Crippen LogP contribution < -0.4 is 0 Å². The van der Waals surface area contributed by atoms with E-state index in [0.29, 0.717) is 0 Å². The lowest BCUT2D eigenvalue weighted by Crippen LogP contribution is -2.39. The highest BCUT2D eigenvalue weighted by molar-refractivity contribution is 7.91. The van der Waals surface area contributed by atoms with Gasteiger partial charge in [0.1, 0.15) is 0 Å². The molecule has 0 fully saturated rings. The van der Waals surface area contributed by atoms with Gasteiger partial charge in [-0.2, -0.15) is 0 Å². The van der Waals surface area contributed by atoms with E-state index in [1.807, 2.05) is 6.92 Å². The summed E-state index contributed by atoms with van der Waals surface area (Å²) in [6.45, 7) is 8.85. The molecule has 0 amide bonds. The van der Waals surface area contributed by atoms with E-state index >= 15 is 0 Å². The van der Waals surface area contributed by atoms with E-state index in [9.17, 15) is 18.6 Å². The lowest BCUT2D eigenvalue weighted by Gasteiger charge is -2.30. The molecule has 5 heteroatoms. The minimum atomic E-state index is -3.45. The second-order valence-electron chi connectivity index (χ2n) is 6.01. The van der Waals surface area contributed by atoms with Crippen LogP contribution in [0.25, 0.3) is 0 Å². The van der Waals surface area contributed by atoms with E-state index in [1.54, 1.807) is 50.3 Å². The normalized spacial score (nSPS) is 19.0. The topological polar surface area (TPSA) is 74.6 Å². The van der Waals surface area contributed by atoms with Gasteiger partial charge in [0.15, 0.2) is 9.84 Å². The van der Waals surface area contributed by atoms with Gasteiger partial charge in [0.05, 0.1) is 22.9 Å². The fraction of sp³-hybridized carbons (Fsp3) is 0.529. The summed E-state index contributed by atoms with van der Waals surface area (Å²) in [6.07, 6.45) is -0.0375. The van der Waals surface area contributed by atoms with Gasteiger partial charge < -0.3 is 10.2 Å². The Balaban J connectivity index is 2.79. The minimum absolute atomic E-state index is 0.155. The fourth-order valence-corrected chi connectivity index (χ4v) is 4.16. The molecule has 4 nitrogen and oxygen atoms in total. The largest absolute Gasteiger partial charge is 0.392 e. The summed E-state index contributed by atoms with van der Waals surface area (Å²) in [5.74, 6) is -1.24. The number of sulfone groups is 1. The molecule has 1 aromatic rings. The van der Waals surface area contributed by atoms with Crippen molar-refractivity contribution in [2.45, 2.75) is 37.9 Å². The maximum Gasteiger partial charge on any atom is 0.178 e. The lowest BCUT2D eigenvalue weighted by molar-refractivity contribution is -0.0159. The Labute approximate surface area is 133 Å². The van der Waals surface area contributed by atoms with Crippen LogP contribution in [0.3, 0.4) is 0 Å². The zero-order valence-corrected chi connectivity index (χ0v) is 14.2. The number of aliphatic hydroxyl groups excluding tert-OH is 2. The number of rotatable bonds is 8.